The fourth-order valence-corrected chi connectivity index (χ4v) is 5.11. The van der Waals surface area contributed by atoms with Gasteiger partial charge in [-0.05, 0) is 25.0 Å². The van der Waals surface area contributed by atoms with Crippen LogP contribution in [0.15, 0.2) is 24.3 Å². The first-order chi connectivity index (χ1) is 11.8. The number of rotatable bonds is 5. The quantitative estimate of drug-likeness (QED) is 0.718. The van der Waals surface area contributed by atoms with Crippen LogP contribution in [0.1, 0.15) is 40.5 Å². The Hall–Kier alpha value is -2.22. The van der Waals surface area contributed by atoms with Gasteiger partial charge in [0.25, 0.3) is 11.8 Å². The van der Waals surface area contributed by atoms with Crippen LogP contribution in [0.3, 0.4) is 0 Å². The molecule has 1 saturated heterocycles. The van der Waals surface area contributed by atoms with Gasteiger partial charge in [0, 0.05) is 12.6 Å². The molecule has 0 aliphatic carbocycles. The maximum absolute atomic E-state index is 12.7. The molecule has 1 atom stereocenters. The lowest BCUT2D eigenvalue weighted by molar-refractivity contribution is -0.133. The summed E-state index contributed by atoms with van der Waals surface area (Å²) in [4.78, 5) is 39.9. The largest absolute Gasteiger partial charge is 0.337 e. The maximum atomic E-state index is 12.7. The van der Waals surface area contributed by atoms with Crippen molar-refractivity contribution in [1.29, 1.82) is 0 Å². The van der Waals surface area contributed by atoms with E-state index in [1.165, 1.54) is 4.90 Å². The number of sulfone groups is 1. The van der Waals surface area contributed by atoms with Crippen molar-refractivity contribution >= 4 is 27.6 Å². The number of hydrogen-bond donors (Lipinski definition) is 0. The topological polar surface area (TPSA) is 91.8 Å². The van der Waals surface area contributed by atoms with Crippen LogP contribution in [-0.4, -0.2) is 66.6 Å². The van der Waals surface area contributed by atoms with Crippen LogP contribution in [0.2, 0.25) is 0 Å². The Bertz CT molecular complexity index is 798. The van der Waals surface area contributed by atoms with Crippen molar-refractivity contribution in [2.45, 2.75) is 25.8 Å². The zero-order chi connectivity index (χ0) is 18.2. The highest BCUT2D eigenvalue weighted by atomic mass is 32.2. The third kappa shape index (κ3) is 3.30. The monoisotopic (exact) mass is 364 g/mol. The number of imide groups is 1. The van der Waals surface area contributed by atoms with Crippen molar-refractivity contribution in [1.82, 2.24) is 9.80 Å². The summed E-state index contributed by atoms with van der Waals surface area (Å²) >= 11 is 0. The molecule has 2 aliphatic heterocycles. The summed E-state index contributed by atoms with van der Waals surface area (Å²) in [5.41, 5.74) is 0.594. The van der Waals surface area contributed by atoms with Crippen LogP contribution >= 0.6 is 0 Å². The molecule has 0 N–H and O–H groups in total. The average molecular weight is 364 g/mol. The minimum Gasteiger partial charge on any atom is -0.337 e. The number of carbonyl (C=O) groups excluding carboxylic acids is 3. The Labute approximate surface area is 146 Å². The van der Waals surface area contributed by atoms with E-state index in [0.717, 1.165) is 4.90 Å². The average Bonchev–Trinajstić information content (AvgIpc) is 3.05. The SMILES string of the molecule is CCCN(C(=O)CN1C(=O)c2ccccc2C1=O)[C@H]1CCS(=O)(=O)C1. The van der Waals surface area contributed by atoms with Crippen LogP contribution < -0.4 is 0 Å². The van der Waals surface area contributed by atoms with E-state index in [1.54, 1.807) is 24.3 Å². The van der Waals surface area contributed by atoms with Crippen molar-refractivity contribution in [3.05, 3.63) is 35.4 Å². The number of carbonyl (C=O) groups is 3. The summed E-state index contributed by atoms with van der Waals surface area (Å²) < 4.78 is 23.4. The highest BCUT2D eigenvalue weighted by Gasteiger charge is 2.39. The van der Waals surface area contributed by atoms with Gasteiger partial charge in [-0.1, -0.05) is 19.1 Å². The van der Waals surface area contributed by atoms with Gasteiger partial charge in [-0.3, -0.25) is 19.3 Å². The number of amides is 3. The van der Waals surface area contributed by atoms with E-state index in [9.17, 15) is 22.8 Å². The summed E-state index contributed by atoms with van der Waals surface area (Å²) in [5.74, 6) is -1.34. The van der Waals surface area contributed by atoms with Crippen LogP contribution in [0.4, 0.5) is 0 Å². The molecular weight excluding hydrogens is 344 g/mol. The second-order valence-corrected chi connectivity index (χ2v) is 8.61. The van der Waals surface area contributed by atoms with Gasteiger partial charge in [0.1, 0.15) is 6.54 Å². The van der Waals surface area contributed by atoms with E-state index in [2.05, 4.69) is 0 Å². The first-order valence-corrected chi connectivity index (χ1v) is 10.1. The van der Waals surface area contributed by atoms with Crippen molar-refractivity contribution in [2.24, 2.45) is 0 Å². The number of nitrogens with zero attached hydrogens (tertiary/aromatic N) is 2. The van der Waals surface area contributed by atoms with Gasteiger partial charge < -0.3 is 4.90 Å². The van der Waals surface area contributed by atoms with Gasteiger partial charge in [0.15, 0.2) is 9.84 Å². The van der Waals surface area contributed by atoms with Gasteiger partial charge in [0.2, 0.25) is 5.91 Å². The first-order valence-electron chi connectivity index (χ1n) is 8.29. The Morgan fingerprint density at radius 1 is 1.20 bits per heavy atom. The highest BCUT2D eigenvalue weighted by molar-refractivity contribution is 7.91. The van der Waals surface area contributed by atoms with Crippen molar-refractivity contribution in [2.75, 3.05) is 24.6 Å². The molecule has 0 saturated carbocycles. The maximum Gasteiger partial charge on any atom is 0.262 e. The second-order valence-electron chi connectivity index (χ2n) is 6.39. The predicted molar refractivity (Wildman–Crippen MR) is 90.9 cm³/mol. The lowest BCUT2D eigenvalue weighted by atomic mass is 10.1. The van der Waals surface area contributed by atoms with Crippen molar-refractivity contribution in [3.8, 4) is 0 Å². The first kappa shape index (κ1) is 17.6. The summed E-state index contributed by atoms with van der Waals surface area (Å²) in [6.45, 7) is 1.94. The van der Waals surface area contributed by atoms with E-state index in [4.69, 9.17) is 0 Å². The van der Waals surface area contributed by atoms with E-state index in [1.807, 2.05) is 6.92 Å². The molecule has 0 unspecified atom stereocenters. The number of fused-ring (bicyclic) bond motifs is 1. The molecule has 0 spiro atoms. The van der Waals surface area contributed by atoms with Gasteiger partial charge in [-0.25, -0.2) is 8.42 Å². The smallest absolute Gasteiger partial charge is 0.262 e. The van der Waals surface area contributed by atoms with E-state index < -0.39 is 27.6 Å². The summed E-state index contributed by atoms with van der Waals surface area (Å²) in [6, 6.07) is 6.08. The van der Waals surface area contributed by atoms with Crippen LogP contribution in [-0.2, 0) is 14.6 Å². The van der Waals surface area contributed by atoms with Gasteiger partial charge in [0.05, 0.1) is 22.6 Å². The molecule has 1 fully saturated rings. The van der Waals surface area contributed by atoms with E-state index in [0.29, 0.717) is 30.5 Å². The molecule has 0 aromatic heterocycles. The normalized spacial score (nSPS) is 21.5. The molecule has 2 heterocycles. The second kappa shape index (κ2) is 6.59. The Balaban J connectivity index is 1.76. The highest BCUT2D eigenvalue weighted by Crippen LogP contribution is 2.23. The van der Waals surface area contributed by atoms with Crippen LogP contribution in [0, 0.1) is 0 Å². The van der Waals surface area contributed by atoms with Crippen molar-refractivity contribution < 1.29 is 22.8 Å². The molecule has 25 heavy (non-hydrogen) atoms. The molecule has 3 rings (SSSR count). The van der Waals surface area contributed by atoms with Crippen LogP contribution in [0.5, 0.6) is 0 Å². The third-order valence-electron chi connectivity index (χ3n) is 4.61. The lowest BCUT2D eigenvalue weighted by Crippen LogP contribution is -2.47. The Morgan fingerprint density at radius 2 is 1.80 bits per heavy atom. The summed E-state index contributed by atoms with van der Waals surface area (Å²) in [7, 11) is -3.13. The van der Waals surface area contributed by atoms with Crippen molar-refractivity contribution in [3.63, 3.8) is 0 Å². The fraction of sp³-hybridized carbons (Fsp3) is 0.471. The number of hydrogen-bond acceptors (Lipinski definition) is 5. The molecule has 0 radical (unpaired) electrons. The van der Waals surface area contributed by atoms with Crippen LogP contribution in [0.25, 0.3) is 0 Å². The minimum absolute atomic E-state index is 0.0547. The lowest BCUT2D eigenvalue weighted by Gasteiger charge is -2.29. The summed E-state index contributed by atoms with van der Waals surface area (Å²) in [6.07, 6.45) is 1.07. The van der Waals surface area contributed by atoms with Gasteiger partial charge in [-0.2, -0.15) is 0 Å². The Morgan fingerprint density at radius 3 is 2.28 bits per heavy atom. The van der Waals surface area contributed by atoms with Gasteiger partial charge in [-0.15, -0.1) is 0 Å². The Kier molecular flexibility index (Phi) is 4.64. The molecule has 134 valence electrons. The zero-order valence-electron chi connectivity index (χ0n) is 14.0. The summed E-state index contributed by atoms with van der Waals surface area (Å²) in [5, 5.41) is 0. The molecule has 1 aromatic carbocycles. The molecule has 1 aromatic rings. The zero-order valence-corrected chi connectivity index (χ0v) is 14.8. The van der Waals surface area contributed by atoms with E-state index in [-0.39, 0.29) is 24.1 Å². The predicted octanol–water partition coefficient (Wildman–Crippen LogP) is 0.708. The van der Waals surface area contributed by atoms with E-state index >= 15 is 0 Å². The standard InChI is InChI=1S/C17H20N2O5S/c1-2-8-18(12-7-9-25(23,24)11-12)15(20)10-19-16(21)13-5-3-4-6-14(13)17(19)22/h3-6,12H,2,7-11H2,1H3/t12-/m0/s1. The molecule has 0 bridgehead atoms. The molecular formula is C17H20N2O5S. The molecule has 2 aliphatic rings. The molecule has 7 nitrogen and oxygen atoms in total. The molecule has 8 heteroatoms. The minimum atomic E-state index is -3.13. The third-order valence-corrected chi connectivity index (χ3v) is 6.36. The van der Waals surface area contributed by atoms with Gasteiger partial charge >= 0.3 is 0 Å². The molecule has 3 amide bonds. The fourth-order valence-electron chi connectivity index (χ4n) is 3.38. The number of benzene rings is 1.